The number of rotatable bonds is 5. The van der Waals surface area contributed by atoms with Gasteiger partial charge in [-0.05, 0) is 32.0 Å². The van der Waals surface area contributed by atoms with Gasteiger partial charge in [0, 0.05) is 45.0 Å². The molecule has 1 saturated heterocycles. The van der Waals surface area contributed by atoms with E-state index in [4.69, 9.17) is 4.42 Å². The molecule has 1 aliphatic heterocycles. The SMILES string of the molecule is Cc1cc(C(=O)NCCN2CCN(c3ccccc3)CC2)c(C)o1. The predicted molar refractivity (Wildman–Crippen MR) is 95.6 cm³/mol. The van der Waals surface area contributed by atoms with Gasteiger partial charge in [-0.2, -0.15) is 0 Å². The lowest BCUT2D eigenvalue weighted by atomic mass is 10.2. The van der Waals surface area contributed by atoms with Crippen molar-refractivity contribution < 1.29 is 9.21 Å². The molecule has 128 valence electrons. The summed E-state index contributed by atoms with van der Waals surface area (Å²) in [6.07, 6.45) is 0. The zero-order valence-corrected chi connectivity index (χ0v) is 14.4. The second-order valence-electron chi connectivity index (χ2n) is 6.25. The number of anilines is 1. The van der Waals surface area contributed by atoms with Gasteiger partial charge in [-0.25, -0.2) is 0 Å². The normalized spacial score (nSPS) is 15.5. The van der Waals surface area contributed by atoms with Crippen LogP contribution in [0.25, 0.3) is 0 Å². The van der Waals surface area contributed by atoms with Gasteiger partial charge in [0.1, 0.15) is 11.5 Å². The van der Waals surface area contributed by atoms with Gasteiger partial charge in [0.05, 0.1) is 5.56 Å². The molecule has 0 unspecified atom stereocenters. The van der Waals surface area contributed by atoms with Crippen LogP contribution < -0.4 is 10.2 Å². The number of carbonyl (C=O) groups is 1. The second kappa shape index (κ2) is 7.53. The van der Waals surface area contributed by atoms with E-state index in [-0.39, 0.29) is 5.91 Å². The molecule has 3 rings (SSSR count). The Morgan fingerprint density at radius 2 is 1.83 bits per heavy atom. The van der Waals surface area contributed by atoms with Crippen LogP contribution in [0.4, 0.5) is 5.69 Å². The van der Waals surface area contributed by atoms with Crippen molar-refractivity contribution in [3.8, 4) is 0 Å². The number of benzene rings is 1. The van der Waals surface area contributed by atoms with Crippen LogP contribution in [0.5, 0.6) is 0 Å². The van der Waals surface area contributed by atoms with Crippen molar-refractivity contribution in [1.82, 2.24) is 10.2 Å². The molecule has 0 spiro atoms. The van der Waals surface area contributed by atoms with Crippen LogP contribution in [0.2, 0.25) is 0 Å². The maximum absolute atomic E-state index is 12.2. The lowest BCUT2D eigenvalue weighted by Crippen LogP contribution is -2.48. The quantitative estimate of drug-likeness (QED) is 0.916. The molecule has 1 amide bonds. The smallest absolute Gasteiger partial charge is 0.254 e. The Balaban J connectivity index is 1.41. The Labute approximate surface area is 143 Å². The zero-order chi connectivity index (χ0) is 16.9. The van der Waals surface area contributed by atoms with Gasteiger partial charge in [-0.3, -0.25) is 9.69 Å². The van der Waals surface area contributed by atoms with Crippen molar-refractivity contribution in [3.05, 3.63) is 53.5 Å². The number of nitrogens with zero attached hydrogens (tertiary/aromatic N) is 2. The summed E-state index contributed by atoms with van der Waals surface area (Å²) in [7, 11) is 0. The number of hydrogen-bond acceptors (Lipinski definition) is 4. The van der Waals surface area contributed by atoms with Crippen LogP contribution in [-0.4, -0.2) is 50.1 Å². The summed E-state index contributed by atoms with van der Waals surface area (Å²) in [5, 5.41) is 2.99. The number of aryl methyl sites for hydroxylation is 2. The molecule has 1 aromatic heterocycles. The zero-order valence-electron chi connectivity index (χ0n) is 14.4. The summed E-state index contributed by atoms with van der Waals surface area (Å²) in [6, 6.07) is 12.3. The van der Waals surface area contributed by atoms with Crippen molar-refractivity contribution in [2.75, 3.05) is 44.2 Å². The highest BCUT2D eigenvalue weighted by molar-refractivity contribution is 5.95. The summed E-state index contributed by atoms with van der Waals surface area (Å²) in [6.45, 7) is 9.32. The molecule has 1 aromatic carbocycles. The monoisotopic (exact) mass is 327 g/mol. The van der Waals surface area contributed by atoms with Crippen LogP contribution in [0.1, 0.15) is 21.9 Å². The van der Waals surface area contributed by atoms with Gasteiger partial charge in [-0.1, -0.05) is 18.2 Å². The Bertz CT molecular complexity index is 673. The first-order chi connectivity index (χ1) is 11.6. The molecule has 2 aromatic rings. The molecular weight excluding hydrogens is 302 g/mol. The van der Waals surface area contributed by atoms with Crippen LogP contribution in [0.15, 0.2) is 40.8 Å². The maximum Gasteiger partial charge on any atom is 0.254 e. The van der Waals surface area contributed by atoms with E-state index in [1.54, 1.807) is 6.07 Å². The molecule has 0 aliphatic carbocycles. The predicted octanol–water partition coefficient (Wildman–Crippen LogP) is 2.45. The number of amides is 1. The first-order valence-corrected chi connectivity index (χ1v) is 8.51. The largest absolute Gasteiger partial charge is 0.466 e. The Hall–Kier alpha value is -2.27. The van der Waals surface area contributed by atoms with E-state index in [0.717, 1.165) is 38.5 Å². The third-order valence-electron chi connectivity index (χ3n) is 4.49. The summed E-state index contributed by atoms with van der Waals surface area (Å²) < 4.78 is 5.41. The average Bonchev–Trinajstić information content (AvgIpc) is 2.95. The third-order valence-corrected chi connectivity index (χ3v) is 4.49. The molecule has 1 fully saturated rings. The first kappa shape index (κ1) is 16.6. The summed E-state index contributed by atoms with van der Waals surface area (Å²) >= 11 is 0. The van der Waals surface area contributed by atoms with Crippen LogP contribution in [0.3, 0.4) is 0 Å². The number of nitrogens with one attached hydrogen (secondary N) is 1. The third kappa shape index (κ3) is 3.97. The van der Waals surface area contributed by atoms with Gasteiger partial charge in [-0.15, -0.1) is 0 Å². The van der Waals surface area contributed by atoms with Crippen molar-refractivity contribution in [3.63, 3.8) is 0 Å². The molecule has 0 saturated carbocycles. The Morgan fingerprint density at radius 3 is 2.46 bits per heavy atom. The minimum absolute atomic E-state index is 0.0488. The fourth-order valence-electron chi connectivity index (χ4n) is 3.15. The lowest BCUT2D eigenvalue weighted by Gasteiger charge is -2.36. The van der Waals surface area contributed by atoms with E-state index >= 15 is 0 Å². The van der Waals surface area contributed by atoms with E-state index in [1.165, 1.54) is 5.69 Å². The van der Waals surface area contributed by atoms with Crippen LogP contribution in [0, 0.1) is 13.8 Å². The fourth-order valence-corrected chi connectivity index (χ4v) is 3.15. The summed E-state index contributed by atoms with van der Waals surface area (Å²) in [5.41, 5.74) is 1.93. The summed E-state index contributed by atoms with van der Waals surface area (Å²) in [4.78, 5) is 17.0. The number of para-hydroxylation sites is 1. The van der Waals surface area contributed by atoms with E-state index in [9.17, 15) is 4.79 Å². The average molecular weight is 327 g/mol. The van der Waals surface area contributed by atoms with Crippen LogP contribution in [-0.2, 0) is 0 Å². The molecular formula is C19H25N3O2. The van der Waals surface area contributed by atoms with Crippen molar-refractivity contribution in [2.45, 2.75) is 13.8 Å². The number of hydrogen-bond donors (Lipinski definition) is 1. The highest BCUT2D eigenvalue weighted by Crippen LogP contribution is 2.15. The lowest BCUT2D eigenvalue weighted by molar-refractivity contribution is 0.0946. The standard InChI is InChI=1S/C19H25N3O2/c1-15-14-18(16(2)24-15)19(23)20-8-9-21-10-12-22(13-11-21)17-6-4-3-5-7-17/h3-7,14H,8-13H2,1-2H3,(H,20,23). The first-order valence-electron chi connectivity index (χ1n) is 8.51. The molecule has 24 heavy (non-hydrogen) atoms. The van der Waals surface area contributed by atoms with Gasteiger partial charge < -0.3 is 14.6 Å². The van der Waals surface area contributed by atoms with Gasteiger partial charge in [0.15, 0.2) is 0 Å². The van der Waals surface area contributed by atoms with Crippen molar-refractivity contribution in [2.24, 2.45) is 0 Å². The van der Waals surface area contributed by atoms with Gasteiger partial charge in [0.2, 0.25) is 0 Å². The van der Waals surface area contributed by atoms with Gasteiger partial charge >= 0.3 is 0 Å². The van der Waals surface area contributed by atoms with E-state index < -0.39 is 0 Å². The Kier molecular flexibility index (Phi) is 5.20. The fraction of sp³-hybridized carbons (Fsp3) is 0.421. The number of piperazine rings is 1. The molecule has 0 radical (unpaired) electrons. The molecule has 0 bridgehead atoms. The van der Waals surface area contributed by atoms with E-state index in [1.807, 2.05) is 19.9 Å². The summed E-state index contributed by atoms with van der Waals surface area (Å²) in [5.74, 6) is 1.41. The number of furan rings is 1. The second-order valence-corrected chi connectivity index (χ2v) is 6.25. The molecule has 5 heteroatoms. The minimum atomic E-state index is -0.0488. The maximum atomic E-state index is 12.2. The van der Waals surface area contributed by atoms with Crippen molar-refractivity contribution in [1.29, 1.82) is 0 Å². The topological polar surface area (TPSA) is 48.7 Å². The van der Waals surface area contributed by atoms with Crippen molar-refractivity contribution >= 4 is 11.6 Å². The van der Waals surface area contributed by atoms with E-state index in [0.29, 0.717) is 17.9 Å². The molecule has 0 atom stereocenters. The van der Waals surface area contributed by atoms with E-state index in [2.05, 4.69) is 39.4 Å². The highest BCUT2D eigenvalue weighted by Gasteiger charge is 2.17. The van der Waals surface area contributed by atoms with Crippen LogP contribution >= 0.6 is 0 Å². The molecule has 1 N–H and O–H groups in total. The number of carbonyl (C=O) groups excluding carboxylic acids is 1. The van der Waals surface area contributed by atoms with Gasteiger partial charge in [0.25, 0.3) is 5.91 Å². The highest BCUT2D eigenvalue weighted by atomic mass is 16.3. The molecule has 2 heterocycles. The molecule has 5 nitrogen and oxygen atoms in total. The molecule has 1 aliphatic rings. The Morgan fingerprint density at radius 1 is 1.12 bits per heavy atom. The minimum Gasteiger partial charge on any atom is -0.466 e.